The summed E-state index contributed by atoms with van der Waals surface area (Å²) in [6, 6.07) is 11.2. The lowest BCUT2D eigenvalue weighted by Crippen LogP contribution is -2.39. The number of carbonyl (C=O) groups excluding carboxylic acids is 1. The lowest BCUT2D eigenvalue weighted by atomic mass is 10.2. The monoisotopic (exact) mass is 397 g/mol. The molecule has 2 fully saturated rings. The van der Waals surface area contributed by atoms with Gasteiger partial charge in [-0.15, -0.1) is 0 Å². The van der Waals surface area contributed by atoms with Crippen LogP contribution in [0.15, 0.2) is 36.4 Å². The molecule has 2 saturated heterocycles. The maximum absolute atomic E-state index is 12.4. The smallest absolute Gasteiger partial charge is 0.325 e. The Morgan fingerprint density at radius 2 is 1.66 bits per heavy atom. The number of urea groups is 1. The number of nitrogens with two attached hydrogens (primary N) is 1. The second kappa shape index (κ2) is 8.67. The van der Waals surface area contributed by atoms with Gasteiger partial charge in [-0.2, -0.15) is 0 Å². The summed E-state index contributed by atoms with van der Waals surface area (Å²) in [6.45, 7) is 7.80. The van der Waals surface area contributed by atoms with Crippen molar-refractivity contribution >= 4 is 29.0 Å². The highest BCUT2D eigenvalue weighted by molar-refractivity contribution is 5.98. The molecule has 2 amide bonds. The van der Waals surface area contributed by atoms with Crippen molar-refractivity contribution in [2.45, 2.75) is 6.92 Å². The fourth-order valence-corrected chi connectivity index (χ4v) is 3.70. The van der Waals surface area contributed by atoms with E-state index < -0.39 is 6.03 Å². The average Bonchev–Trinajstić information content (AvgIpc) is 2.75. The summed E-state index contributed by atoms with van der Waals surface area (Å²) >= 11 is 0. The normalized spacial score (nSPS) is 17.3. The minimum absolute atomic E-state index is 0.522. The SMILES string of the molecule is Cc1cccc(N(C(N)=O)c2cc(N3CCOCC3)cc(N3CCOCC3)n2)c1. The summed E-state index contributed by atoms with van der Waals surface area (Å²) in [5, 5.41) is 0. The molecule has 0 aliphatic carbocycles. The Morgan fingerprint density at radius 3 is 2.28 bits per heavy atom. The van der Waals surface area contributed by atoms with E-state index in [0.717, 1.165) is 43.2 Å². The predicted octanol–water partition coefficient (Wildman–Crippen LogP) is 2.28. The number of nitrogens with zero attached hydrogens (tertiary/aromatic N) is 4. The maximum Gasteiger partial charge on any atom is 0.325 e. The Morgan fingerprint density at radius 1 is 1.00 bits per heavy atom. The number of carbonyl (C=O) groups is 1. The Kier molecular flexibility index (Phi) is 5.82. The molecule has 1 aromatic heterocycles. The zero-order chi connectivity index (χ0) is 20.2. The van der Waals surface area contributed by atoms with Gasteiger partial charge in [-0.25, -0.2) is 14.7 Å². The van der Waals surface area contributed by atoms with Gasteiger partial charge in [-0.3, -0.25) is 0 Å². The molecule has 8 nitrogen and oxygen atoms in total. The van der Waals surface area contributed by atoms with Crippen molar-refractivity contribution in [2.75, 3.05) is 67.3 Å². The van der Waals surface area contributed by atoms with Crippen LogP contribution < -0.4 is 20.4 Å². The predicted molar refractivity (Wildman–Crippen MR) is 113 cm³/mol. The van der Waals surface area contributed by atoms with Crippen LogP contribution in [0.3, 0.4) is 0 Å². The third-order valence-corrected chi connectivity index (χ3v) is 5.20. The van der Waals surface area contributed by atoms with E-state index in [-0.39, 0.29) is 0 Å². The van der Waals surface area contributed by atoms with Gasteiger partial charge in [0.1, 0.15) is 11.6 Å². The van der Waals surface area contributed by atoms with Crippen LogP contribution in [-0.4, -0.2) is 63.6 Å². The van der Waals surface area contributed by atoms with Crippen molar-refractivity contribution in [3.63, 3.8) is 0 Å². The molecule has 0 saturated carbocycles. The number of primary amides is 1. The van der Waals surface area contributed by atoms with E-state index in [4.69, 9.17) is 20.2 Å². The van der Waals surface area contributed by atoms with Crippen LogP contribution in [0.1, 0.15) is 5.56 Å². The maximum atomic E-state index is 12.4. The molecule has 0 bridgehead atoms. The zero-order valence-corrected chi connectivity index (χ0v) is 16.7. The summed E-state index contributed by atoms with van der Waals surface area (Å²) in [7, 11) is 0. The molecule has 0 spiro atoms. The number of benzene rings is 1. The standard InChI is InChI=1S/C21H27N5O3/c1-16-3-2-4-17(13-16)26(21(22)27)20-15-18(24-5-9-28-10-6-24)14-19(23-20)25-7-11-29-12-8-25/h2-4,13-15H,5-12H2,1H3,(H2,22,27). The van der Waals surface area contributed by atoms with Gasteiger partial charge in [-0.1, -0.05) is 12.1 Å². The summed E-state index contributed by atoms with van der Waals surface area (Å²) in [6.07, 6.45) is 0. The second-order valence-corrected chi connectivity index (χ2v) is 7.25. The summed E-state index contributed by atoms with van der Waals surface area (Å²) in [5.74, 6) is 1.35. The number of ether oxygens (including phenoxy) is 2. The molecule has 3 heterocycles. The molecule has 2 aromatic rings. The van der Waals surface area contributed by atoms with Gasteiger partial charge in [0.05, 0.1) is 32.1 Å². The van der Waals surface area contributed by atoms with Crippen molar-refractivity contribution in [3.8, 4) is 0 Å². The quantitative estimate of drug-likeness (QED) is 0.852. The second-order valence-electron chi connectivity index (χ2n) is 7.25. The number of aromatic nitrogens is 1. The van der Waals surface area contributed by atoms with E-state index >= 15 is 0 Å². The van der Waals surface area contributed by atoms with Crippen LogP contribution >= 0.6 is 0 Å². The summed E-state index contributed by atoms with van der Waals surface area (Å²) in [4.78, 5) is 23.2. The Labute approximate surface area is 170 Å². The van der Waals surface area contributed by atoms with Crippen LogP contribution in [-0.2, 0) is 9.47 Å². The van der Waals surface area contributed by atoms with E-state index in [1.165, 1.54) is 4.90 Å². The highest BCUT2D eigenvalue weighted by Crippen LogP contribution is 2.32. The molecule has 154 valence electrons. The van der Waals surface area contributed by atoms with Gasteiger partial charge in [0, 0.05) is 44.0 Å². The third kappa shape index (κ3) is 4.44. The molecule has 0 unspecified atom stereocenters. The van der Waals surface area contributed by atoms with Gasteiger partial charge in [-0.05, 0) is 24.6 Å². The number of amides is 2. The van der Waals surface area contributed by atoms with Gasteiger partial charge in [0.15, 0.2) is 0 Å². The molecule has 0 radical (unpaired) electrons. The van der Waals surface area contributed by atoms with E-state index in [2.05, 4.69) is 15.9 Å². The minimum atomic E-state index is -0.560. The van der Waals surface area contributed by atoms with Crippen LogP contribution in [0.4, 0.5) is 27.8 Å². The molecule has 2 N–H and O–H groups in total. The first kappa shape index (κ1) is 19.5. The van der Waals surface area contributed by atoms with E-state index in [0.29, 0.717) is 37.9 Å². The fraction of sp³-hybridized carbons (Fsp3) is 0.429. The average molecular weight is 397 g/mol. The Balaban J connectivity index is 1.77. The molecule has 1 aromatic carbocycles. The van der Waals surface area contributed by atoms with Crippen molar-refractivity contribution in [3.05, 3.63) is 42.0 Å². The Bertz CT molecular complexity index is 827. The summed E-state index contributed by atoms with van der Waals surface area (Å²) < 4.78 is 11.0. The van der Waals surface area contributed by atoms with Crippen LogP contribution in [0.2, 0.25) is 0 Å². The molecule has 0 atom stereocenters. The van der Waals surface area contributed by atoms with Gasteiger partial charge in [0.2, 0.25) is 0 Å². The fourth-order valence-electron chi connectivity index (χ4n) is 3.70. The molecule has 2 aliphatic heterocycles. The lowest BCUT2D eigenvalue weighted by molar-refractivity contribution is 0.122. The van der Waals surface area contributed by atoms with Crippen LogP contribution in [0, 0.1) is 6.92 Å². The number of hydrogen-bond donors (Lipinski definition) is 1. The Hall–Kier alpha value is -2.84. The van der Waals surface area contributed by atoms with E-state index in [1.807, 2.05) is 37.3 Å². The van der Waals surface area contributed by atoms with Crippen molar-refractivity contribution in [1.82, 2.24) is 4.98 Å². The number of rotatable bonds is 4. The number of anilines is 4. The largest absolute Gasteiger partial charge is 0.378 e. The first-order valence-electron chi connectivity index (χ1n) is 9.95. The number of morpholine rings is 2. The van der Waals surface area contributed by atoms with E-state index in [1.54, 1.807) is 0 Å². The molecule has 2 aliphatic rings. The number of pyridine rings is 1. The molecule has 4 rings (SSSR count). The van der Waals surface area contributed by atoms with Crippen molar-refractivity contribution < 1.29 is 14.3 Å². The summed E-state index contributed by atoms with van der Waals surface area (Å²) in [5.41, 5.74) is 8.55. The van der Waals surface area contributed by atoms with Crippen molar-refractivity contribution in [1.29, 1.82) is 0 Å². The molecular weight excluding hydrogens is 370 g/mol. The topological polar surface area (TPSA) is 84.2 Å². The minimum Gasteiger partial charge on any atom is -0.378 e. The molecule has 8 heteroatoms. The third-order valence-electron chi connectivity index (χ3n) is 5.20. The lowest BCUT2D eigenvalue weighted by Gasteiger charge is -2.33. The van der Waals surface area contributed by atoms with Gasteiger partial charge >= 0.3 is 6.03 Å². The van der Waals surface area contributed by atoms with E-state index in [9.17, 15) is 4.79 Å². The van der Waals surface area contributed by atoms with Crippen LogP contribution in [0.5, 0.6) is 0 Å². The number of aryl methyl sites for hydroxylation is 1. The first-order chi connectivity index (χ1) is 14.1. The van der Waals surface area contributed by atoms with Gasteiger partial charge < -0.3 is 25.0 Å². The first-order valence-corrected chi connectivity index (χ1v) is 9.95. The van der Waals surface area contributed by atoms with Crippen LogP contribution in [0.25, 0.3) is 0 Å². The zero-order valence-electron chi connectivity index (χ0n) is 16.7. The molecular formula is C21H27N5O3. The van der Waals surface area contributed by atoms with Gasteiger partial charge in [0.25, 0.3) is 0 Å². The highest BCUT2D eigenvalue weighted by Gasteiger charge is 2.23. The highest BCUT2D eigenvalue weighted by atomic mass is 16.5. The van der Waals surface area contributed by atoms with Crippen molar-refractivity contribution in [2.24, 2.45) is 5.73 Å². The number of hydrogen-bond acceptors (Lipinski definition) is 6. The molecule has 29 heavy (non-hydrogen) atoms.